The van der Waals surface area contributed by atoms with Crippen LogP contribution in [0.1, 0.15) is 16.7 Å². The van der Waals surface area contributed by atoms with Crippen LogP contribution in [0.25, 0.3) is 0 Å². The van der Waals surface area contributed by atoms with Crippen LogP contribution in [-0.4, -0.2) is 61.3 Å². The first-order valence-electron chi connectivity index (χ1n) is 9.86. The van der Waals surface area contributed by atoms with E-state index in [1.165, 1.54) is 0 Å². The predicted molar refractivity (Wildman–Crippen MR) is 108 cm³/mol. The first-order valence-corrected chi connectivity index (χ1v) is 9.86. The van der Waals surface area contributed by atoms with E-state index < -0.39 is 18.5 Å². The molecule has 0 bridgehead atoms. The van der Waals surface area contributed by atoms with Crippen molar-refractivity contribution in [3.05, 3.63) is 53.2 Å². The average molecular weight is 422 g/mol. The molecule has 1 saturated heterocycles. The topological polar surface area (TPSA) is 90.7 Å². The minimum atomic E-state index is -4.39. The molecular formula is C20H25F3N6O. The number of nitrogens with zero attached hydrogens (tertiary/aromatic N) is 2. The summed E-state index contributed by atoms with van der Waals surface area (Å²) in [6.07, 6.45) is -1.86. The van der Waals surface area contributed by atoms with E-state index in [2.05, 4.69) is 25.5 Å². The Labute approximate surface area is 172 Å². The zero-order chi connectivity index (χ0) is 21.2. The van der Waals surface area contributed by atoms with E-state index in [0.29, 0.717) is 16.9 Å². The van der Waals surface area contributed by atoms with Gasteiger partial charge >= 0.3 is 6.18 Å². The number of hydrogen-bond acceptors (Lipinski definition) is 5. The second-order valence-electron chi connectivity index (χ2n) is 7.51. The Hall–Kier alpha value is -2.56. The van der Waals surface area contributed by atoms with E-state index in [1.807, 2.05) is 24.3 Å². The highest BCUT2D eigenvalue weighted by Crippen LogP contribution is 2.28. The van der Waals surface area contributed by atoms with Crippen molar-refractivity contribution in [3.8, 4) is 0 Å². The minimum absolute atomic E-state index is 0.0984. The molecule has 1 aromatic carbocycles. The van der Waals surface area contributed by atoms with Gasteiger partial charge in [-0.25, -0.2) is 0 Å². The number of aromatic nitrogens is 1. The van der Waals surface area contributed by atoms with Gasteiger partial charge in [-0.3, -0.25) is 15.6 Å². The normalized spacial score (nSPS) is 23.7. The van der Waals surface area contributed by atoms with Gasteiger partial charge < -0.3 is 20.4 Å². The van der Waals surface area contributed by atoms with Gasteiger partial charge in [-0.1, -0.05) is 24.3 Å². The second kappa shape index (κ2) is 8.29. The van der Waals surface area contributed by atoms with Gasteiger partial charge in [0.15, 0.2) is 5.79 Å². The molecule has 0 amide bonds. The molecule has 5 N–H and O–H groups in total. The summed E-state index contributed by atoms with van der Waals surface area (Å²) in [5.74, 6) is -0.667. The number of amidine groups is 1. The number of nitrogens with one attached hydrogen (secondary N) is 3. The van der Waals surface area contributed by atoms with Crippen LogP contribution in [0.3, 0.4) is 0 Å². The van der Waals surface area contributed by atoms with Gasteiger partial charge in [0.25, 0.3) is 0 Å². The second-order valence-corrected chi connectivity index (χ2v) is 7.51. The molecule has 2 aliphatic rings. The third kappa shape index (κ3) is 4.77. The summed E-state index contributed by atoms with van der Waals surface area (Å²) in [7, 11) is 0. The molecule has 0 spiro atoms. The number of hydrogen-bond donors (Lipinski definition) is 4. The molecule has 0 aliphatic carbocycles. The number of nitrogens with two attached hydrogens (primary N) is 1. The van der Waals surface area contributed by atoms with Gasteiger partial charge in [-0.05, 0) is 18.1 Å². The molecule has 7 nitrogen and oxygen atoms in total. The van der Waals surface area contributed by atoms with Gasteiger partial charge in [-0.15, -0.1) is 0 Å². The highest BCUT2D eigenvalue weighted by Gasteiger charge is 2.36. The first kappa shape index (κ1) is 20.7. The maximum Gasteiger partial charge on any atom is 0.408 e. The van der Waals surface area contributed by atoms with Crippen LogP contribution in [0.15, 0.2) is 41.5 Å². The standard InChI is InChI=1S/C20H25F3N6O/c21-19(22,23)13-26-18-16-5-7-25-17(16)27-20(24,28-18)15-3-1-14(2-4-15)6-8-29-9-11-30-12-10-29/h1-5,7,25,27H,6,8-13,24H2,(H,26,28). The van der Waals surface area contributed by atoms with Gasteiger partial charge in [0.05, 0.1) is 18.8 Å². The van der Waals surface area contributed by atoms with Crippen molar-refractivity contribution >= 4 is 11.7 Å². The summed E-state index contributed by atoms with van der Waals surface area (Å²) in [5, 5.41) is 6.07. The molecule has 0 radical (unpaired) electrons. The third-order valence-corrected chi connectivity index (χ3v) is 5.29. The summed E-state index contributed by atoms with van der Waals surface area (Å²) in [4.78, 5) is 9.04. The van der Waals surface area contributed by atoms with Gasteiger partial charge in [0.1, 0.15) is 18.2 Å². The Morgan fingerprint density at radius 3 is 2.53 bits per heavy atom. The summed E-state index contributed by atoms with van der Waals surface area (Å²) < 4.78 is 43.4. The number of rotatable bonds is 5. The molecule has 1 fully saturated rings. The lowest BCUT2D eigenvalue weighted by atomic mass is 10.0. The number of aromatic amines is 1. The predicted octanol–water partition coefficient (Wildman–Crippen LogP) is 1.98. The summed E-state index contributed by atoms with van der Waals surface area (Å²) in [6.45, 7) is 3.09. The fourth-order valence-corrected chi connectivity index (χ4v) is 3.64. The van der Waals surface area contributed by atoms with Crippen molar-refractivity contribution in [2.75, 3.05) is 44.7 Å². The van der Waals surface area contributed by atoms with E-state index in [4.69, 9.17) is 10.5 Å². The maximum atomic E-state index is 12.7. The zero-order valence-corrected chi connectivity index (χ0v) is 16.4. The van der Waals surface area contributed by atoms with Crippen LogP contribution in [0.4, 0.5) is 19.0 Å². The fourth-order valence-electron chi connectivity index (χ4n) is 3.64. The number of alkyl halides is 3. The maximum absolute atomic E-state index is 12.7. The Bertz CT molecular complexity index is 889. The van der Waals surface area contributed by atoms with Crippen LogP contribution >= 0.6 is 0 Å². The first-order chi connectivity index (χ1) is 14.3. The molecular weight excluding hydrogens is 397 g/mol. The summed E-state index contributed by atoms with van der Waals surface area (Å²) >= 11 is 0. The van der Waals surface area contributed by atoms with Gasteiger partial charge in [0, 0.05) is 31.4 Å². The molecule has 2 aliphatic heterocycles. The van der Waals surface area contributed by atoms with Crippen molar-refractivity contribution in [2.24, 2.45) is 10.7 Å². The largest absolute Gasteiger partial charge is 0.408 e. The zero-order valence-electron chi connectivity index (χ0n) is 16.4. The third-order valence-electron chi connectivity index (χ3n) is 5.29. The quantitative estimate of drug-likeness (QED) is 0.592. The molecule has 162 valence electrons. The molecule has 2 aromatic rings. The van der Waals surface area contributed by atoms with Crippen molar-refractivity contribution in [3.63, 3.8) is 0 Å². The lowest BCUT2D eigenvalue weighted by Crippen LogP contribution is -2.61. The molecule has 30 heavy (non-hydrogen) atoms. The average Bonchev–Trinajstić information content (AvgIpc) is 3.19. The van der Waals surface area contributed by atoms with Crippen LogP contribution in [0, 0.1) is 0 Å². The highest BCUT2D eigenvalue weighted by molar-refractivity contribution is 6.05. The van der Waals surface area contributed by atoms with Crippen molar-refractivity contribution in [1.82, 2.24) is 15.2 Å². The van der Waals surface area contributed by atoms with Crippen LogP contribution in [0.2, 0.25) is 0 Å². The Morgan fingerprint density at radius 1 is 1.10 bits per heavy atom. The van der Waals surface area contributed by atoms with Gasteiger partial charge in [-0.2, -0.15) is 13.2 Å². The number of anilines is 1. The smallest absolute Gasteiger partial charge is 0.379 e. The number of morpholine rings is 1. The lowest BCUT2D eigenvalue weighted by molar-refractivity contribution is -0.118. The van der Waals surface area contributed by atoms with Crippen molar-refractivity contribution in [1.29, 1.82) is 0 Å². The number of ether oxygens (including phenoxy) is 1. The summed E-state index contributed by atoms with van der Waals surface area (Å²) in [6, 6.07) is 9.39. The lowest BCUT2D eigenvalue weighted by Gasteiger charge is -2.38. The molecule has 10 heteroatoms. The monoisotopic (exact) mass is 422 g/mol. The van der Waals surface area contributed by atoms with E-state index in [-0.39, 0.29) is 5.84 Å². The number of H-pyrrole nitrogens is 1. The number of halogens is 3. The fraction of sp³-hybridized carbons (Fsp3) is 0.450. The van der Waals surface area contributed by atoms with E-state index in [1.54, 1.807) is 12.3 Å². The van der Waals surface area contributed by atoms with Crippen molar-refractivity contribution < 1.29 is 17.9 Å². The number of fused-ring (bicyclic) bond motifs is 1. The summed E-state index contributed by atoms with van der Waals surface area (Å²) in [5.41, 5.74) is 8.87. The molecule has 3 heterocycles. The Balaban J connectivity index is 1.48. The van der Waals surface area contributed by atoms with Gasteiger partial charge in [0.2, 0.25) is 0 Å². The molecule has 0 saturated carbocycles. The minimum Gasteiger partial charge on any atom is -0.379 e. The number of aliphatic imine (C=N–C) groups is 1. The number of benzene rings is 1. The van der Waals surface area contributed by atoms with Crippen molar-refractivity contribution in [2.45, 2.75) is 18.4 Å². The molecule has 4 rings (SSSR count). The SMILES string of the molecule is NC1(c2ccc(CCN3CCOCC3)cc2)NC(=NCC(F)(F)F)c2cc[nH]c2N1. The van der Waals surface area contributed by atoms with Crippen LogP contribution in [0.5, 0.6) is 0 Å². The van der Waals surface area contributed by atoms with Crippen LogP contribution < -0.4 is 16.4 Å². The van der Waals surface area contributed by atoms with E-state index in [9.17, 15) is 13.2 Å². The highest BCUT2D eigenvalue weighted by atomic mass is 19.4. The van der Waals surface area contributed by atoms with Crippen LogP contribution in [-0.2, 0) is 16.9 Å². The Kier molecular flexibility index (Phi) is 5.72. The molecule has 1 unspecified atom stereocenters. The molecule has 1 atom stereocenters. The van der Waals surface area contributed by atoms with E-state index in [0.717, 1.165) is 44.8 Å². The van der Waals surface area contributed by atoms with E-state index >= 15 is 0 Å². The molecule has 1 aromatic heterocycles. The Morgan fingerprint density at radius 2 is 1.83 bits per heavy atom.